The number of sulfonamides is 1. The van der Waals surface area contributed by atoms with Crippen LogP contribution in [0.3, 0.4) is 0 Å². The fraction of sp³-hybridized carbons (Fsp3) is 0.222. The maximum atomic E-state index is 11.1. The van der Waals surface area contributed by atoms with Crippen molar-refractivity contribution in [3.63, 3.8) is 0 Å². The van der Waals surface area contributed by atoms with E-state index in [1.54, 1.807) is 12.1 Å². The molecule has 0 spiro atoms. The highest BCUT2D eigenvalue weighted by Crippen LogP contribution is 2.29. The zero-order valence-electron chi connectivity index (χ0n) is 8.31. The summed E-state index contributed by atoms with van der Waals surface area (Å²) in [6, 6.07) is 5.27. The van der Waals surface area contributed by atoms with Crippen LogP contribution in [0.4, 0.5) is 0 Å². The molecule has 0 bridgehead atoms. The smallest absolute Gasteiger partial charge is 0.268 e. The Labute approximate surface area is 103 Å². The Morgan fingerprint density at radius 3 is 2.88 bits per heavy atom. The third kappa shape index (κ3) is 2.69. The van der Waals surface area contributed by atoms with Crippen LogP contribution in [-0.2, 0) is 10.0 Å². The number of halogens is 1. The van der Waals surface area contributed by atoms with Crippen molar-refractivity contribution in [2.24, 2.45) is 4.40 Å². The Morgan fingerprint density at radius 1 is 1.50 bits per heavy atom. The van der Waals surface area contributed by atoms with Gasteiger partial charge in [0.1, 0.15) is 10.8 Å². The quantitative estimate of drug-likeness (QED) is 0.791. The summed E-state index contributed by atoms with van der Waals surface area (Å²) >= 11 is 6.95. The van der Waals surface area contributed by atoms with Crippen molar-refractivity contribution < 1.29 is 13.2 Å². The van der Waals surface area contributed by atoms with E-state index in [1.807, 2.05) is 13.0 Å². The van der Waals surface area contributed by atoms with E-state index in [-0.39, 0.29) is 10.3 Å². The van der Waals surface area contributed by atoms with Crippen molar-refractivity contribution >= 4 is 38.6 Å². The van der Waals surface area contributed by atoms with Gasteiger partial charge in [0.15, 0.2) is 0 Å². The summed E-state index contributed by atoms with van der Waals surface area (Å²) in [5.41, 5.74) is 0.978. The number of aryl methyl sites for hydroxylation is 1. The molecule has 16 heavy (non-hydrogen) atoms. The molecule has 0 N–H and O–H groups in total. The zero-order valence-corrected chi connectivity index (χ0v) is 10.7. The SMILES string of the molecule is Cc1ccc(Cl)c(OC2=NS(=O)(=O)CS2)c1. The molecule has 0 fully saturated rings. The zero-order chi connectivity index (χ0) is 11.8. The van der Waals surface area contributed by atoms with Crippen LogP contribution in [-0.4, -0.2) is 18.7 Å². The second-order valence-electron chi connectivity index (χ2n) is 3.24. The molecule has 0 atom stereocenters. The summed E-state index contributed by atoms with van der Waals surface area (Å²) in [5.74, 6) is 0.421. The molecule has 1 aliphatic heterocycles. The van der Waals surface area contributed by atoms with Crippen LogP contribution in [0.5, 0.6) is 5.75 Å². The van der Waals surface area contributed by atoms with Crippen LogP contribution in [0.25, 0.3) is 0 Å². The highest BCUT2D eigenvalue weighted by atomic mass is 35.5. The average molecular weight is 278 g/mol. The van der Waals surface area contributed by atoms with Crippen molar-refractivity contribution in [3.8, 4) is 5.75 Å². The van der Waals surface area contributed by atoms with Crippen LogP contribution < -0.4 is 4.74 Å². The van der Waals surface area contributed by atoms with Crippen LogP contribution in [0, 0.1) is 6.92 Å². The molecule has 2 rings (SSSR count). The van der Waals surface area contributed by atoms with E-state index in [2.05, 4.69) is 4.40 Å². The molecule has 1 aliphatic rings. The van der Waals surface area contributed by atoms with Gasteiger partial charge in [-0.1, -0.05) is 17.7 Å². The minimum atomic E-state index is -3.36. The number of hydrogen-bond donors (Lipinski definition) is 0. The third-order valence-corrected chi connectivity index (χ3v) is 4.79. The molecule has 4 nitrogen and oxygen atoms in total. The van der Waals surface area contributed by atoms with Crippen molar-refractivity contribution in [3.05, 3.63) is 28.8 Å². The number of ether oxygens (including phenoxy) is 1. The first-order valence-electron chi connectivity index (χ1n) is 4.36. The van der Waals surface area contributed by atoms with Gasteiger partial charge < -0.3 is 4.74 Å². The monoisotopic (exact) mass is 277 g/mol. The third-order valence-electron chi connectivity index (χ3n) is 1.83. The van der Waals surface area contributed by atoms with Crippen molar-refractivity contribution in [1.82, 2.24) is 0 Å². The first kappa shape index (κ1) is 11.8. The molecular formula is C9H8ClNO3S2. The van der Waals surface area contributed by atoms with Crippen LogP contribution >= 0.6 is 23.4 Å². The molecular weight excluding hydrogens is 270 g/mol. The summed E-state index contributed by atoms with van der Waals surface area (Å²) in [6.07, 6.45) is 0. The number of rotatable bonds is 1. The lowest BCUT2D eigenvalue weighted by Gasteiger charge is -2.05. The van der Waals surface area contributed by atoms with Gasteiger partial charge in [0, 0.05) is 0 Å². The Balaban J connectivity index is 2.25. The van der Waals surface area contributed by atoms with E-state index in [0.717, 1.165) is 17.3 Å². The van der Waals surface area contributed by atoms with Crippen molar-refractivity contribution in [1.29, 1.82) is 0 Å². The first-order chi connectivity index (χ1) is 7.46. The lowest BCUT2D eigenvalue weighted by Crippen LogP contribution is -2.01. The maximum absolute atomic E-state index is 11.1. The molecule has 0 unspecified atom stereocenters. The van der Waals surface area contributed by atoms with Gasteiger partial charge in [-0.3, -0.25) is 0 Å². The second-order valence-corrected chi connectivity index (χ2v) is 6.57. The van der Waals surface area contributed by atoms with Crippen molar-refractivity contribution in [2.75, 3.05) is 5.08 Å². The fourth-order valence-electron chi connectivity index (χ4n) is 1.12. The van der Waals surface area contributed by atoms with Crippen LogP contribution in [0.2, 0.25) is 5.02 Å². The predicted octanol–water partition coefficient (Wildman–Crippen LogP) is 2.42. The molecule has 0 saturated heterocycles. The number of thioether (sulfide) groups is 1. The molecule has 0 amide bonds. The molecule has 0 radical (unpaired) electrons. The molecule has 1 aromatic rings. The minimum absolute atomic E-state index is 0.0776. The van der Waals surface area contributed by atoms with Gasteiger partial charge in [-0.15, -0.1) is 4.40 Å². The van der Waals surface area contributed by atoms with E-state index < -0.39 is 10.0 Å². The van der Waals surface area contributed by atoms with Gasteiger partial charge in [0.25, 0.3) is 15.3 Å². The first-order valence-corrected chi connectivity index (χ1v) is 7.33. The summed E-state index contributed by atoms with van der Waals surface area (Å²) in [4.78, 5) is 0. The van der Waals surface area contributed by atoms with Gasteiger partial charge in [0.2, 0.25) is 0 Å². The normalized spacial score (nSPS) is 18.2. The van der Waals surface area contributed by atoms with E-state index in [0.29, 0.717) is 10.8 Å². The van der Waals surface area contributed by atoms with Gasteiger partial charge in [-0.25, -0.2) is 8.42 Å². The van der Waals surface area contributed by atoms with E-state index in [1.165, 1.54) is 0 Å². The van der Waals surface area contributed by atoms with Gasteiger partial charge in [-0.05, 0) is 36.4 Å². The standard InChI is InChI=1S/C9H8ClNO3S2/c1-6-2-3-7(10)8(4-6)14-9-11-16(12,13)5-15-9/h2-4H,5H2,1H3. The number of benzene rings is 1. The van der Waals surface area contributed by atoms with E-state index in [9.17, 15) is 8.42 Å². The van der Waals surface area contributed by atoms with Gasteiger partial charge in [-0.2, -0.15) is 0 Å². The summed E-state index contributed by atoms with van der Waals surface area (Å²) in [5, 5.41) is 0.469. The molecule has 7 heteroatoms. The fourth-order valence-corrected chi connectivity index (χ4v) is 3.45. The van der Waals surface area contributed by atoms with Crippen LogP contribution in [0.15, 0.2) is 22.6 Å². The van der Waals surface area contributed by atoms with Crippen LogP contribution in [0.1, 0.15) is 5.56 Å². The second kappa shape index (κ2) is 4.27. The highest BCUT2D eigenvalue weighted by Gasteiger charge is 2.23. The number of hydrogen-bond acceptors (Lipinski definition) is 4. The molecule has 86 valence electrons. The topological polar surface area (TPSA) is 55.7 Å². The largest absolute Gasteiger partial charge is 0.432 e. The summed E-state index contributed by atoms with van der Waals surface area (Å²) < 4.78 is 30.9. The molecule has 0 aromatic heterocycles. The summed E-state index contributed by atoms with van der Waals surface area (Å²) in [7, 11) is -3.36. The van der Waals surface area contributed by atoms with E-state index in [4.69, 9.17) is 16.3 Å². The minimum Gasteiger partial charge on any atom is -0.432 e. The van der Waals surface area contributed by atoms with Crippen molar-refractivity contribution in [2.45, 2.75) is 6.92 Å². The molecule has 0 aliphatic carbocycles. The Hall–Kier alpha value is -0.720. The molecule has 0 saturated carbocycles. The van der Waals surface area contributed by atoms with Gasteiger partial charge in [0.05, 0.1) is 5.02 Å². The van der Waals surface area contributed by atoms with E-state index >= 15 is 0 Å². The Morgan fingerprint density at radius 2 is 2.25 bits per heavy atom. The lowest BCUT2D eigenvalue weighted by molar-refractivity contribution is 0.565. The Bertz CT molecular complexity index is 554. The predicted molar refractivity (Wildman–Crippen MR) is 65.6 cm³/mol. The maximum Gasteiger partial charge on any atom is 0.268 e. The lowest BCUT2D eigenvalue weighted by atomic mass is 10.2. The Kier molecular flexibility index (Phi) is 3.14. The number of nitrogens with zero attached hydrogens (tertiary/aromatic N) is 1. The van der Waals surface area contributed by atoms with Gasteiger partial charge >= 0.3 is 0 Å². The molecule has 1 aromatic carbocycles. The highest BCUT2D eigenvalue weighted by molar-refractivity contribution is 8.24. The summed E-state index contributed by atoms with van der Waals surface area (Å²) in [6.45, 7) is 1.89. The average Bonchev–Trinajstić information content (AvgIpc) is 2.52. The molecule has 1 heterocycles.